The minimum Gasteiger partial charge on any atom is -0.368 e. The molecule has 0 saturated heterocycles. The van der Waals surface area contributed by atoms with E-state index in [4.69, 9.17) is 5.73 Å². The van der Waals surface area contributed by atoms with Crippen molar-refractivity contribution < 1.29 is 9.59 Å². The average Bonchev–Trinajstić information content (AvgIpc) is 2.67. The number of rotatable bonds is 5. The molecule has 1 atom stereocenters. The van der Waals surface area contributed by atoms with Gasteiger partial charge in [-0.15, -0.1) is 0 Å². The third kappa shape index (κ3) is 3.87. The number of carbonyl (C=O) groups excluding carboxylic acids is 2. The number of amides is 2. The van der Waals surface area contributed by atoms with Gasteiger partial charge in [0.1, 0.15) is 6.04 Å². The molecule has 3 aromatic rings. The molecular formula is C19H16N4O2. The van der Waals surface area contributed by atoms with E-state index in [-0.39, 0.29) is 5.56 Å². The van der Waals surface area contributed by atoms with Crippen LogP contribution in [-0.4, -0.2) is 21.8 Å². The van der Waals surface area contributed by atoms with E-state index in [2.05, 4.69) is 15.3 Å². The topological polar surface area (TPSA) is 98.0 Å². The van der Waals surface area contributed by atoms with Crippen LogP contribution in [0, 0.1) is 0 Å². The quantitative estimate of drug-likeness (QED) is 0.747. The van der Waals surface area contributed by atoms with Crippen molar-refractivity contribution in [1.29, 1.82) is 0 Å². The van der Waals surface area contributed by atoms with Gasteiger partial charge in [-0.05, 0) is 5.56 Å². The first kappa shape index (κ1) is 16.3. The van der Waals surface area contributed by atoms with Crippen LogP contribution < -0.4 is 11.1 Å². The van der Waals surface area contributed by atoms with Gasteiger partial charge in [-0.25, -0.2) is 9.97 Å². The van der Waals surface area contributed by atoms with Gasteiger partial charge < -0.3 is 11.1 Å². The Balaban J connectivity index is 1.77. The maximum absolute atomic E-state index is 12.4. The number of nitrogens with one attached hydrogen (secondary N) is 1. The van der Waals surface area contributed by atoms with Crippen LogP contribution >= 0.6 is 0 Å². The SMILES string of the molecule is NC(=O)[C@@H](NC(=O)c1cnc(-c2ccccc2)nc1)c1ccccc1. The fourth-order valence-electron chi connectivity index (χ4n) is 2.36. The van der Waals surface area contributed by atoms with Crippen LogP contribution in [0.3, 0.4) is 0 Å². The van der Waals surface area contributed by atoms with E-state index in [9.17, 15) is 9.59 Å². The fraction of sp³-hybridized carbons (Fsp3) is 0.0526. The molecule has 3 N–H and O–H groups in total. The van der Waals surface area contributed by atoms with Crippen molar-refractivity contribution in [3.05, 3.63) is 84.2 Å². The van der Waals surface area contributed by atoms with E-state index in [1.807, 2.05) is 36.4 Å². The highest BCUT2D eigenvalue weighted by Gasteiger charge is 2.21. The summed E-state index contributed by atoms with van der Waals surface area (Å²) >= 11 is 0. The van der Waals surface area contributed by atoms with Crippen molar-refractivity contribution >= 4 is 11.8 Å². The van der Waals surface area contributed by atoms with Gasteiger partial charge in [0.05, 0.1) is 5.56 Å². The molecule has 25 heavy (non-hydrogen) atoms. The molecule has 0 aliphatic rings. The van der Waals surface area contributed by atoms with Gasteiger partial charge in [0.2, 0.25) is 5.91 Å². The molecule has 124 valence electrons. The molecule has 2 amide bonds. The van der Waals surface area contributed by atoms with Crippen molar-refractivity contribution in [3.8, 4) is 11.4 Å². The summed E-state index contributed by atoms with van der Waals surface area (Å²) in [5, 5.41) is 2.61. The standard InChI is InChI=1S/C19H16N4O2/c20-17(24)16(13-7-3-1-4-8-13)23-19(25)15-11-21-18(22-12-15)14-9-5-2-6-10-14/h1-12,16H,(H2,20,24)(H,23,25)/t16-/m0/s1. The van der Waals surface area contributed by atoms with E-state index in [1.165, 1.54) is 12.4 Å². The third-order valence-electron chi connectivity index (χ3n) is 3.64. The second-order valence-corrected chi connectivity index (χ2v) is 5.38. The second kappa shape index (κ2) is 7.35. The van der Waals surface area contributed by atoms with Crippen LogP contribution in [0.15, 0.2) is 73.1 Å². The van der Waals surface area contributed by atoms with Crippen LogP contribution in [0.1, 0.15) is 22.0 Å². The molecule has 2 aromatic carbocycles. The van der Waals surface area contributed by atoms with Crippen molar-refractivity contribution in [2.75, 3.05) is 0 Å². The number of carbonyl (C=O) groups is 2. The zero-order valence-electron chi connectivity index (χ0n) is 13.3. The predicted molar refractivity (Wildman–Crippen MR) is 93.3 cm³/mol. The first-order valence-electron chi connectivity index (χ1n) is 7.68. The fourth-order valence-corrected chi connectivity index (χ4v) is 2.36. The zero-order chi connectivity index (χ0) is 17.6. The Morgan fingerprint density at radius 1 is 0.880 bits per heavy atom. The van der Waals surface area contributed by atoms with Gasteiger partial charge >= 0.3 is 0 Å². The molecule has 0 bridgehead atoms. The van der Waals surface area contributed by atoms with Gasteiger partial charge in [0, 0.05) is 18.0 Å². The molecule has 0 fully saturated rings. The molecule has 0 unspecified atom stereocenters. The Labute approximate surface area is 144 Å². The van der Waals surface area contributed by atoms with Crippen LogP contribution in [0.2, 0.25) is 0 Å². The minimum atomic E-state index is -0.914. The van der Waals surface area contributed by atoms with E-state index < -0.39 is 17.9 Å². The van der Waals surface area contributed by atoms with Crippen molar-refractivity contribution in [2.24, 2.45) is 5.73 Å². The number of hydrogen-bond donors (Lipinski definition) is 2. The largest absolute Gasteiger partial charge is 0.368 e. The summed E-state index contributed by atoms with van der Waals surface area (Å²) in [6.07, 6.45) is 2.85. The summed E-state index contributed by atoms with van der Waals surface area (Å²) in [7, 11) is 0. The van der Waals surface area contributed by atoms with Crippen LogP contribution in [0.5, 0.6) is 0 Å². The Hall–Kier alpha value is -3.54. The van der Waals surface area contributed by atoms with Gasteiger partial charge in [-0.1, -0.05) is 60.7 Å². The van der Waals surface area contributed by atoms with Crippen molar-refractivity contribution in [3.63, 3.8) is 0 Å². The van der Waals surface area contributed by atoms with E-state index in [0.29, 0.717) is 11.4 Å². The van der Waals surface area contributed by atoms with Gasteiger partial charge in [0.25, 0.3) is 5.91 Å². The van der Waals surface area contributed by atoms with Crippen molar-refractivity contribution in [1.82, 2.24) is 15.3 Å². The third-order valence-corrected chi connectivity index (χ3v) is 3.64. The van der Waals surface area contributed by atoms with Gasteiger partial charge in [0.15, 0.2) is 5.82 Å². The maximum atomic E-state index is 12.4. The summed E-state index contributed by atoms with van der Waals surface area (Å²) in [6, 6.07) is 17.3. The number of hydrogen-bond acceptors (Lipinski definition) is 4. The molecule has 0 spiro atoms. The smallest absolute Gasteiger partial charge is 0.255 e. The molecule has 3 rings (SSSR count). The van der Waals surface area contributed by atoms with Crippen molar-refractivity contribution in [2.45, 2.75) is 6.04 Å². The molecule has 0 aliphatic carbocycles. The summed E-state index contributed by atoms with van der Waals surface area (Å²) < 4.78 is 0. The van der Waals surface area contributed by atoms with Crippen LogP contribution in [-0.2, 0) is 4.79 Å². The minimum absolute atomic E-state index is 0.252. The molecule has 0 radical (unpaired) electrons. The molecule has 6 heteroatoms. The highest BCUT2D eigenvalue weighted by molar-refractivity contribution is 5.97. The Morgan fingerprint density at radius 2 is 1.44 bits per heavy atom. The van der Waals surface area contributed by atoms with Crippen LogP contribution in [0.25, 0.3) is 11.4 Å². The maximum Gasteiger partial charge on any atom is 0.255 e. The second-order valence-electron chi connectivity index (χ2n) is 5.38. The van der Waals surface area contributed by atoms with E-state index in [1.54, 1.807) is 24.3 Å². The number of nitrogens with zero attached hydrogens (tertiary/aromatic N) is 2. The molecule has 1 aromatic heterocycles. The molecule has 0 aliphatic heterocycles. The number of benzene rings is 2. The number of primary amides is 1. The zero-order valence-corrected chi connectivity index (χ0v) is 13.3. The number of nitrogens with two attached hydrogens (primary N) is 1. The Morgan fingerprint density at radius 3 is 2.00 bits per heavy atom. The molecule has 0 saturated carbocycles. The average molecular weight is 332 g/mol. The lowest BCUT2D eigenvalue weighted by atomic mass is 10.1. The monoisotopic (exact) mass is 332 g/mol. The Kier molecular flexibility index (Phi) is 4.80. The first-order chi connectivity index (χ1) is 12.1. The van der Waals surface area contributed by atoms with Gasteiger partial charge in [-0.3, -0.25) is 9.59 Å². The molecule has 6 nitrogen and oxygen atoms in total. The van der Waals surface area contributed by atoms with Crippen LogP contribution in [0.4, 0.5) is 0 Å². The van der Waals surface area contributed by atoms with Gasteiger partial charge in [-0.2, -0.15) is 0 Å². The summed E-state index contributed by atoms with van der Waals surface area (Å²) in [6.45, 7) is 0. The first-order valence-corrected chi connectivity index (χ1v) is 7.68. The normalized spacial score (nSPS) is 11.5. The summed E-state index contributed by atoms with van der Waals surface area (Å²) in [5.74, 6) is -0.583. The lowest BCUT2D eigenvalue weighted by Crippen LogP contribution is -2.37. The highest BCUT2D eigenvalue weighted by atomic mass is 16.2. The summed E-state index contributed by atoms with van der Waals surface area (Å²) in [4.78, 5) is 32.5. The van der Waals surface area contributed by atoms with E-state index in [0.717, 1.165) is 5.56 Å². The molecule has 1 heterocycles. The number of aromatic nitrogens is 2. The highest BCUT2D eigenvalue weighted by Crippen LogP contribution is 2.15. The van der Waals surface area contributed by atoms with E-state index >= 15 is 0 Å². The lowest BCUT2D eigenvalue weighted by Gasteiger charge is -2.15. The Bertz CT molecular complexity index is 865. The predicted octanol–water partition coefficient (Wildman–Crippen LogP) is 2.10. The lowest BCUT2D eigenvalue weighted by molar-refractivity contribution is -0.120. The summed E-state index contributed by atoms with van der Waals surface area (Å²) in [5.41, 5.74) is 7.13. The molecular weight excluding hydrogens is 316 g/mol.